The Balaban J connectivity index is 1.37. The quantitative estimate of drug-likeness (QED) is 0.534. The van der Waals surface area contributed by atoms with E-state index in [1.807, 2.05) is 0 Å². The molecule has 26 heavy (non-hydrogen) atoms. The Morgan fingerprint density at radius 1 is 0.923 bits per heavy atom. The van der Waals surface area contributed by atoms with Crippen molar-refractivity contribution in [3.63, 3.8) is 0 Å². The van der Waals surface area contributed by atoms with Crippen LogP contribution in [0.1, 0.15) is 43.7 Å². The van der Waals surface area contributed by atoms with E-state index in [0.717, 1.165) is 25.2 Å². The second kappa shape index (κ2) is 10.4. The van der Waals surface area contributed by atoms with Crippen LogP contribution in [-0.2, 0) is 12.8 Å². The Morgan fingerprint density at radius 3 is 2.38 bits per heavy atom. The fraction of sp³-hybridized carbons (Fsp3) is 0.500. The summed E-state index contributed by atoms with van der Waals surface area (Å²) in [6.45, 7) is 6.84. The Kier molecular flexibility index (Phi) is 7.57. The molecule has 140 valence electrons. The Bertz CT molecular complexity index is 622. The molecule has 2 nitrogen and oxygen atoms in total. The van der Waals surface area contributed by atoms with Gasteiger partial charge in [0.15, 0.2) is 0 Å². The van der Waals surface area contributed by atoms with Crippen LogP contribution >= 0.6 is 0 Å². The van der Waals surface area contributed by atoms with Crippen LogP contribution in [0.25, 0.3) is 0 Å². The fourth-order valence-electron chi connectivity index (χ4n) is 3.74. The molecule has 2 heteroatoms. The van der Waals surface area contributed by atoms with Crippen molar-refractivity contribution >= 4 is 0 Å². The maximum atomic E-state index is 6.06. The van der Waals surface area contributed by atoms with Crippen molar-refractivity contribution in [2.45, 2.75) is 45.4 Å². The van der Waals surface area contributed by atoms with Crippen molar-refractivity contribution in [2.24, 2.45) is 5.92 Å². The molecule has 1 aliphatic heterocycles. The van der Waals surface area contributed by atoms with Gasteiger partial charge in [-0.1, -0.05) is 62.2 Å². The summed E-state index contributed by atoms with van der Waals surface area (Å²) in [4.78, 5) is 2.61. The van der Waals surface area contributed by atoms with Gasteiger partial charge in [0.25, 0.3) is 0 Å². The molecule has 0 amide bonds. The van der Waals surface area contributed by atoms with E-state index >= 15 is 0 Å². The van der Waals surface area contributed by atoms with Gasteiger partial charge in [0.2, 0.25) is 0 Å². The van der Waals surface area contributed by atoms with Crippen molar-refractivity contribution < 1.29 is 4.74 Å². The number of ether oxygens (including phenoxy) is 1. The summed E-state index contributed by atoms with van der Waals surface area (Å²) in [5, 5.41) is 0. The highest BCUT2D eigenvalue weighted by molar-refractivity contribution is 5.28. The summed E-state index contributed by atoms with van der Waals surface area (Å²) in [6.07, 6.45) is 7.46. The fourth-order valence-corrected chi connectivity index (χ4v) is 3.74. The standard InChI is InChI=1S/C24H33NO/c1-2-3-7-17-25-18-16-23(19-25)20-26-24-14-12-22(13-15-24)11-10-21-8-5-4-6-9-21/h4-6,8-9,12-15,23H,2-3,7,10-11,16-20H2,1H3. The normalized spacial score (nSPS) is 17.5. The van der Waals surface area contributed by atoms with Gasteiger partial charge in [-0.25, -0.2) is 0 Å². The van der Waals surface area contributed by atoms with Crippen LogP contribution in [0.4, 0.5) is 0 Å². The molecule has 1 fully saturated rings. The van der Waals surface area contributed by atoms with Gasteiger partial charge in [-0.2, -0.15) is 0 Å². The molecule has 0 bridgehead atoms. The maximum Gasteiger partial charge on any atom is 0.119 e. The zero-order valence-corrected chi connectivity index (χ0v) is 16.2. The third kappa shape index (κ3) is 6.17. The molecular formula is C24H33NO. The lowest BCUT2D eigenvalue weighted by Gasteiger charge is -2.16. The van der Waals surface area contributed by atoms with Crippen LogP contribution < -0.4 is 4.74 Å². The van der Waals surface area contributed by atoms with Crippen molar-refractivity contribution in [3.05, 3.63) is 65.7 Å². The maximum absolute atomic E-state index is 6.06. The van der Waals surface area contributed by atoms with Gasteiger partial charge >= 0.3 is 0 Å². The SMILES string of the molecule is CCCCCN1CCC(COc2ccc(CCc3ccccc3)cc2)C1. The third-order valence-corrected chi connectivity index (χ3v) is 5.40. The van der Waals surface area contributed by atoms with Gasteiger partial charge in [-0.3, -0.25) is 0 Å². The van der Waals surface area contributed by atoms with E-state index in [1.54, 1.807) is 0 Å². The monoisotopic (exact) mass is 351 g/mol. The van der Waals surface area contributed by atoms with Crippen LogP contribution in [0.2, 0.25) is 0 Å². The predicted molar refractivity (Wildman–Crippen MR) is 110 cm³/mol. The minimum Gasteiger partial charge on any atom is -0.493 e. The Morgan fingerprint density at radius 2 is 1.65 bits per heavy atom. The summed E-state index contributed by atoms with van der Waals surface area (Å²) in [7, 11) is 0. The number of hydrogen-bond donors (Lipinski definition) is 0. The second-order valence-electron chi connectivity index (χ2n) is 7.60. The van der Waals surface area contributed by atoms with E-state index < -0.39 is 0 Å². The van der Waals surface area contributed by atoms with Gasteiger partial charge in [-0.05, 0) is 62.0 Å². The second-order valence-corrected chi connectivity index (χ2v) is 7.60. The van der Waals surface area contributed by atoms with Crippen LogP contribution in [-0.4, -0.2) is 31.1 Å². The molecule has 0 spiro atoms. The number of benzene rings is 2. The van der Waals surface area contributed by atoms with Gasteiger partial charge in [0.05, 0.1) is 6.61 Å². The molecule has 3 rings (SSSR count). The van der Waals surface area contributed by atoms with E-state index in [-0.39, 0.29) is 0 Å². The first kappa shape index (κ1) is 19.0. The first-order chi connectivity index (χ1) is 12.8. The van der Waals surface area contributed by atoms with E-state index in [4.69, 9.17) is 4.74 Å². The van der Waals surface area contributed by atoms with Crippen molar-refractivity contribution in [1.82, 2.24) is 4.90 Å². The summed E-state index contributed by atoms with van der Waals surface area (Å²) >= 11 is 0. The molecule has 2 aromatic rings. The average Bonchev–Trinajstić information content (AvgIpc) is 3.14. The third-order valence-electron chi connectivity index (χ3n) is 5.40. The van der Waals surface area contributed by atoms with Gasteiger partial charge in [0, 0.05) is 12.5 Å². The molecule has 0 N–H and O–H groups in total. The van der Waals surface area contributed by atoms with Crippen LogP contribution in [0, 0.1) is 5.92 Å². The summed E-state index contributed by atoms with van der Waals surface area (Å²) < 4.78 is 6.06. The van der Waals surface area contributed by atoms with E-state index in [9.17, 15) is 0 Å². The van der Waals surface area contributed by atoms with Crippen molar-refractivity contribution in [3.8, 4) is 5.75 Å². The van der Waals surface area contributed by atoms with E-state index in [0.29, 0.717) is 5.92 Å². The van der Waals surface area contributed by atoms with Gasteiger partial charge < -0.3 is 9.64 Å². The minimum atomic E-state index is 0.689. The molecule has 1 saturated heterocycles. The molecule has 1 aliphatic rings. The lowest BCUT2D eigenvalue weighted by atomic mass is 10.0. The molecule has 1 unspecified atom stereocenters. The summed E-state index contributed by atoms with van der Waals surface area (Å²) in [5.41, 5.74) is 2.78. The molecule has 0 aromatic heterocycles. The number of rotatable bonds is 10. The molecule has 1 heterocycles. The molecule has 0 aliphatic carbocycles. The van der Waals surface area contributed by atoms with Gasteiger partial charge in [0.1, 0.15) is 5.75 Å². The molecule has 0 saturated carbocycles. The summed E-state index contributed by atoms with van der Waals surface area (Å²) in [5.74, 6) is 1.70. The zero-order valence-electron chi connectivity index (χ0n) is 16.2. The molecule has 0 radical (unpaired) electrons. The number of nitrogens with zero attached hydrogens (tertiary/aromatic N) is 1. The van der Waals surface area contributed by atoms with Crippen LogP contribution in [0.3, 0.4) is 0 Å². The lowest BCUT2D eigenvalue weighted by Crippen LogP contribution is -2.23. The lowest BCUT2D eigenvalue weighted by molar-refractivity contribution is 0.239. The predicted octanol–water partition coefficient (Wildman–Crippen LogP) is 5.36. The summed E-state index contributed by atoms with van der Waals surface area (Å²) in [6, 6.07) is 19.4. The molecular weight excluding hydrogens is 318 g/mol. The first-order valence-electron chi connectivity index (χ1n) is 10.3. The number of likely N-dealkylation sites (tertiary alicyclic amines) is 1. The average molecular weight is 352 g/mol. The highest BCUT2D eigenvalue weighted by atomic mass is 16.5. The van der Waals surface area contributed by atoms with Crippen molar-refractivity contribution in [1.29, 1.82) is 0 Å². The number of unbranched alkanes of at least 4 members (excludes halogenated alkanes) is 2. The largest absolute Gasteiger partial charge is 0.493 e. The van der Waals surface area contributed by atoms with Crippen LogP contribution in [0.15, 0.2) is 54.6 Å². The Hall–Kier alpha value is -1.80. The number of aryl methyl sites for hydroxylation is 2. The smallest absolute Gasteiger partial charge is 0.119 e. The highest BCUT2D eigenvalue weighted by Crippen LogP contribution is 2.20. The molecule has 1 atom stereocenters. The van der Waals surface area contributed by atoms with E-state index in [1.165, 1.54) is 56.4 Å². The zero-order chi connectivity index (χ0) is 18.0. The first-order valence-corrected chi connectivity index (χ1v) is 10.3. The Labute approximate surface area is 159 Å². The highest BCUT2D eigenvalue weighted by Gasteiger charge is 2.22. The van der Waals surface area contributed by atoms with Gasteiger partial charge in [-0.15, -0.1) is 0 Å². The van der Waals surface area contributed by atoms with E-state index in [2.05, 4.69) is 66.4 Å². The van der Waals surface area contributed by atoms with Crippen molar-refractivity contribution in [2.75, 3.05) is 26.2 Å². The van der Waals surface area contributed by atoms with Crippen LogP contribution in [0.5, 0.6) is 5.75 Å². The minimum absolute atomic E-state index is 0.689. The molecule has 2 aromatic carbocycles. The number of hydrogen-bond acceptors (Lipinski definition) is 2. The topological polar surface area (TPSA) is 12.5 Å².